The van der Waals surface area contributed by atoms with Gasteiger partial charge in [-0.15, -0.1) is 0 Å². The summed E-state index contributed by atoms with van der Waals surface area (Å²) in [4.78, 5) is 27.7. The van der Waals surface area contributed by atoms with Gasteiger partial charge >= 0.3 is 0 Å². The Hall–Kier alpha value is -3.14. The third-order valence-corrected chi connectivity index (χ3v) is 6.11. The Morgan fingerprint density at radius 3 is 2.66 bits per heavy atom. The van der Waals surface area contributed by atoms with Gasteiger partial charge in [0.15, 0.2) is 0 Å². The van der Waals surface area contributed by atoms with Crippen molar-refractivity contribution in [3.05, 3.63) is 41.5 Å². The SMILES string of the molecule is CCCC(CC)C(=O)NCC1CCN(c2ncnc(C)c2C#Cc2ccc(N)nc2)CC1. The quantitative estimate of drug-likeness (QED) is 0.649. The molecule has 1 aliphatic heterocycles. The van der Waals surface area contributed by atoms with Crippen LogP contribution in [-0.4, -0.2) is 40.5 Å². The van der Waals surface area contributed by atoms with E-state index in [1.807, 2.05) is 13.0 Å². The van der Waals surface area contributed by atoms with Crippen LogP contribution in [0.3, 0.4) is 0 Å². The number of pyridine rings is 1. The number of piperidine rings is 1. The number of anilines is 2. The van der Waals surface area contributed by atoms with Crippen LogP contribution in [-0.2, 0) is 4.79 Å². The first kappa shape index (κ1) is 23.5. The van der Waals surface area contributed by atoms with E-state index >= 15 is 0 Å². The number of nitrogens with two attached hydrogens (primary N) is 1. The van der Waals surface area contributed by atoms with Crippen LogP contribution in [0.1, 0.15) is 62.8 Å². The molecule has 1 saturated heterocycles. The second-order valence-electron chi connectivity index (χ2n) is 8.45. The van der Waals surface area contributed by atoms with E-state index in [1.54, 1.807) is 18.6 Å². The normalized spacial score (nSPS) is 15.0. The lowest BCUT2D eigenvalue weighted by atomic mass is 9.95. The third kappa shape index (κ3) is 6.19. The maximum Gasteiger partial charge on any atom is 0.223 e. The van der Waals surface area contributed by atoms with Crippen molar-refractivity contribution in [1.82, 2.24) is 20.3 Å². The summed E-state index contributed by atoms with van der Waals surface area (Å²) in [6, 6.07) is 3.60. The molecule has 170 valence electrons. The molecule has 0 spiro atoms. The van der Waals surface area contributed by atoms with Gasteiger partial charge in [-0.05, 0) is 50.7 Å². The highest BCUT2D eigenvalue weighted by molar-refractivity contribution is 5.78. The van der Waals surface area contributed by atoms with Crippen molar-refractivity contribution in [2.75, 3.05) is 30.3 Å². The number of nitrogen functional groups attached to an aromatic ring is 1. The van der Waals surface area contributed by atoms with Crippen molar-refractivity contribution in [2.24, 2.45) is 11.8 Å². The minimum Gasteiger partial charge on any atom is -0.384 e. The van der Waals surface area contributed by atoms with Crippen molar-refractivity contribution < 1.29 is 4.79 Å². The third-order valence-electron chi connectivity index (χ3n) is 6.11. The molecule has 1 fully saturated rings. The Kier molecular flexibility index (Phi) is 8.43. The lowest BCUT2D eigenvalue weighted by Gasteiger charge is -2.33. The number of nitrogens with one attached hydrogen (secondary N) is 1. The second-order valence-corrected chi connectivity index (χ2v) is 8.45. The first-order chi connectivity index (χ1) is 15.5. The summed E-state index contributed by atoms with van der Waals surface area (Å²) in [5.74, 6) is 8.59. The van der Waals surface area contributed by atoms with Crippen LogP contribution in [0.2, 0.25) is 0 Å². The van der Waals surface area contributed by atoms with E-state index in [4.69, 9.17) is 5.73 Å². The molecular formula is C25H34N6O. The van der Waals surface area contributed by atoms with E-state index in [-0.39, 0.29) is 11.8 Å². The fraction of sp³-hybridized carbons (Fsp3) is 0.520. The molecule has 0 aromatic carbocycles. The van der Waals surface area contributed by atoms with Gasteiger partial charge in [-0.1, -0.05) is 32.1 Å². The highest BCUT2D eigenvalue weighted by atomic mass is 16.1. The first-order valence-electron chi connectivity index (χ1n) is 11.6. The lowest BCUT2D eigenvalue weighted by molar-refractivity contribution is -0.125. The fourth-order valence-corrected chi connectivity index (χ4v) is 4.07. The van der Waals surface area contributed by atoms with Gasteiger partial charge in [-0.25, -0.2) is 15.0 Å². The average Bonchev–Trinajstić information content (AvgIpc) is 2.81. The van der Waals surface area contributed by atoms with Gasteiger partial charge in [0.2, 0.25) is 5.91 Å². The van der Waals surface area contributed by atoms with E-state index in [9.17, 15) is 4.79 Å². The van der Waals surface area contributed by atoms with Crippen molar-refractivity contribution in [2.45, 2.75) is 52.9 Å². The zero-order chi connectivity index (χ0) is 22.9. The van der Waals surface area contributed by atoms with E-state index in [1.165, 1.54) is 0 Å². The van der Waals surface area contributed by atoms with Gasteiger partial charge in [0.05, 0.1) is 11.3 Å². The summed E-state index contributed by atoms with van der Waals surface area (Å²) in [7, 11) is 0. The van der Waals surface area contributed by atoms with E-state index < -0.39 is 0 Å². The molecule has 2 aromatic rings. The Morgan fingerprint density at radius 2 is 2.00 bits per heavy atom. The number of aromatic nitrogens is 3. The van der Waals surface area contributed by atoms with Crippen LogP contribution in [0.5, 0.6) is 0 Å². The molecule has 3 heterocycles. The standard InChI is InChI=1S/C25H34N6O/c1-4-6-21(5-2)25(32)28-16-20-11-13-31(14-12-20)24-22(18(3)29-17-30-24)9-7-19-8-10-23(26)27-15-19/h8,10,15,17,20-21H,4-6,11-14,16H2,1-3H3,(H2,26,27)(H,28,32). The molecule has 1 unspecified atom stereocenters. The summed E-state index contributed by atoms with van der Waals surface area (Å²) >= 11 is 0. The summed E-state index contributed by atoms with van der Waals surface area (Å²) in [5, 5.41) is 3.19. The number of hydrogen-bond acceptors (Lipinski definition) is 6. The van der Waals surface area contributed by atoms with Crippen molar-refractivity contribution in [1.29, 1.82) is 0 Å². The van der Waals surface area contributed by atoms with Gasteiger partial charge in [-0.3, -0.25) is 4.79 Å². The molecule has 7 heteroatoms. The van der Waals surface area contributed by atoms with Crippen LogP contribution in [0, 0.1) is 30.6 Å². The maximum absolute atomic E-state index is 12.4. The monoisotopic (exact) mass is 434 g/mol. The van der Waals surface area contributed by atoms with E-state index in [0.717, 1.165) is 74.4 Å². The Labute approximate surface area is 191 Å². The van der Waals surface area contributed by atoms with Crippen molar-refractivity contribution >= 4 is 17.5 Å². The Morgan fingerprint density at radius 1 is 1.22 bits per heavy atom. The number of amides is 1. The number of aryl methyl sites for hydroxylation is 1. The van der Waals surface area contributed by atoms with Crippen LogP contribution in [0.15, 0.2) is 24.7 Å². The molecule has 2 aromatic heterocycles. The number of carbonyl (C=O) groups is 1. The molecule has 1 aliphatic rings. The number of carbonyl (C=O) groups excluding carboxylic acids is 1. The first-order valence-corrected chi connectivity index (χ1v) is 11.6. The summed E-state index contributed by atoms with van der Waals surface area (Å²) in [6.07, 6.45) is 8.22. The molecule has 7 nitrogen and oxygen atoms in total. The minimum atomic E-state index is 0.140. The fourth-order valence-electron chi connectivity index (χ4n) is 4.07. The predicted octanol–water partition coefficient (Wildman–Crippen LogP) is 3.32. The molecule has 1 amide bonds. The molecule has 3 rings (SSSR count). The van der Waals surface area contributed by atoms with Crippen LogP contribution < -0.4 is 16.0 Å². The van der Waals surface area contributed by atoms with Gasteiger partial charge < -0.3 is 16.0 Å². The number of nitrogens with zero attached hydrogens (tertiary/aromatic N) is 4. The van der Waals surface area contributed by atoms with Crippen LogP contribution >= 0.6 is 0 Å². The predicted molar refractivity (Wildman–Crippen MR) is 128 cm³/mol. The maximum atomic E-state index is 12.4. The van der Waals surface area contributed by atoms with E-state index in [0.29, 0.717) is 11.7 Å². The molecule has 0 saturated carbocycles. The molecule has 0 aliphatic carbocycles. The van der Waals surface area contributed by atoms with Gasteiger partial charge in [0, 0.05) is 37.3 Å². The average molecular weight is 435 g/mol. The zero-order valence-electron chi connectivity index (χ0n) is 19.4. The molecular weight excluding hydrogens is 400 g/mol. The molecule has 3 N–H and O–H groups in total. The lowest BCUT2D eigenvalue weighted by Crippen LogP contribution is -2.40. The summed E-state index contributed by atoms with van der Waals surface area (Å²) < 4.78 is 0. The highest BCUT2D eigenvalue weighted by Crippen LogP contribution is 2.25. The van der Waals surface area contributed by atoms with E-state index in [2.05, 4.69) is 50.9 Å². The van der Waals surface area contributed by atoms with Crippen molar-refractivity contribution in [3.8, 4) is 11.8 Å². The van der Waals surface area contributed by atoms with Crippen LogP contribution in [0.4, 0.5) is 11.6 Å². The minimum absolute atomic E-state index is 0.140. The van der Waals surface area contributed by atoms with Crippen molar-refractivity contribution in [3.63, 3.8) is 0 Å². The molecule has 1 atom stereocenters. The number of rotatable bonds is 7. The van der Waals surface area contributed by atoms with Gasteiger partial charge in [0.25, 0.3) is 0 Å². The van der Waals surface area contributed by atoms with Gasteiger partial charge in [0.1, 0.15) is 18.0 Å². The number of hydrogen-bond donors (Lipinski definition) is 2. The molecule has 32 heavy (non-hydrogen) atoms. The topological polar surface area (TPSA) is 97.0 Å². The van der Waals surface area contributed by atoms with Crippen LogP contribution in [0.25, 0.3) is 0 Å². The smallest absolute Gasteiger partial charge is 0.223 e. The summed E-state index contributed by atoms with van der Waals surface area (Å²) in [5.41, 5.74) is 8.17. The summed E-state index contributed by atoms with van der Waals surface area (Å²) in [6.45, 7) is 8.71. The molecule has 0 radical (unpaired) electrons. The zero-order valence-corrected chi connectivity index (χ0v) is 19.4. The second kappa shape index (κ2) is 11.5. The van der Waals surface area contributed by atoms with Gasteiger partial charge in [-0.2, -0.15) is 0 Å². The molecule has 0 bridgehead atoms. The Balaban J connectivity index is 1.62. The highest BCUT2D eigenvalue weighted by Gasteiger charge is 2.24. The largest absolute Gasteiger partial charge is 0.384 e. The Bertz CT molecular complexity index is 955.